The number of methoxy groups -OCH3 is 1. The summed E-state index contributed by atoms with van der Waals surface area (Å²) in [7, 11) is 1.52. The van der Waals surface area contributed by atoms with Crippen LogP contribution >= 0.6 is 0 Å². The second-order valence-electron chi connectivity index (χ2n) is 3.76. The fourth-order valence-electron chi connectivity index (χ4n) is 1.54. The van der Waals surface area contributed by atoms with E-state index in [2.05, 4.69) is 10.3 Å². The number of aromatic nitrogens is 1. The zero-order chi connectivity index (χ0) is 12.8. The van der Waals surface area contributed by atoms with E-state index >= 15 is 0 Å². The molecule has 4 heteroatoms. The van der Waals surface area contributed by atoms with Gasteiger partial charge in [0, 0.05) is 24.4 Å². The molecule has 0 radical (unpaired) electrons. The van der Waals surface area contributed by atoms with E-state index in [1.165, 1.54) is 7.11 Å². The Hall–Kier alpha value is -2.36. The van der Waals surface area contributed by atoms with Crippen LogP contribution in [-0.2, 0) is 6.54 Å². The molecule has 1 aromatic carbocycles. The van der Waals surface area contributed by atoms with Gasteiger partial charge in [-0.2, -0.15) is 0 Å². The van der Waals surface area contributed by atoms with Crippen LogP contribution in [0.3, 0.4) is 0 Å². The molecule has 0 unspecified atom stereocenters. The number of nitrogens with zero attached hydrogens (tertiary/aromatic N) is 1. The lowest BCUT2D eigenvalue weighted by atomic mass is 10.2. The van der Waals surface area contributed by atoms with Crippen LogP contribution in [0.1, 0.15) is 15.9 Å². The van der Waals surface area contributed by atoms with Gasteiger partial charge >= 0.3 is 0 Å². The second-order valence-corrected chi connectivity index (χ2v) is 3.76. The predicted molar refractivity (Wildman–Crippen MR) is 68.4 cm³/mol. The molecule has 0 saturated carbocycles. The van der Waals surface area contributed by atoms with Gasteiger partial charge in [-0.25, -0.2) is 4.98 Å². The Bertz CT molecular complexity index is 526. The maximum atomic E-state index is 11.9. The molecule has 2 rings (SSSR count). The standard InChI is InChI=1S/C14H14N2O2/c1-18-13-9-12(7-8-15-13)14(17)16-10-11-5-3-2-4-6-11/h2-9H,10H2,1H3,(H,16,17). The van der Waals surface area contributed by atoms with Crippen LogP contribution in [-0.4, -0.2) is 18.0 Å². The molecule has 0 aliphatic heterocycles. The van der Waals surface area contributed by atoms with Crippen molar-refractivity contribution >= 4 is 5.91 Å². The molecule has 0 bridgehead atoms. The Balaban J connectivity index is 1.99. The van der Waals surface area contributed by atoms with E-state index in [-0.39, 0.29) is 5.91 Å². The van der Waals surface area contributed by atoms with Crippen molar-refractivity contribution in [2.24, 2.45) is 0 Å². The summed E-state index contributed by atoms with van der Waals surface area (Å²) < 4.78 is 4.98. The monoisotopic (exact) mass is 242 g/mol. The number of carbonyl (C=O) groups is 1. The highest BCUT2D eigenvalue weighted by Gasteiger charge is 2.06. The molecule has 92 valence electrons. The zero-order valence-electron chi connectivity index (χ0n) is 10.1. The predicted octanol–water partition coefficient (Wildman–Crippen LogP) is 2.02. The summed E-state index contributed by atoms with van der Waals surface area (Å²) in [6.07, 6.45) is 1.55. The number of hydrogen-bond donors (Lipinski definition) is 1. The normalized spacial score (nSPS) is 9.83. The molecule has 0 atom stereocenters. The molecular formula is C14H14N2O2. The smallest absolute Gasteiger partial charge is 0.251 e. The van der Waals surface area contributed by atoms with E-state index in [1.54, 1.807) is 18.3 Å². The van der Waals surface area contributed by atoms with Crippen molar-refractivity contribution in [3.8, 4) is 5.88 Å². The SMILES string of the molecule is COc1cc(C(=O)NCc2ccccc2)ccn1. The summed E-state index contributed by atoms with van der Waals surface area (Å²) in [5, 5.41) is 2.84. The molecule has 18 heavy (non-hydrogen) atoms. The number of carbonyl (C=O) groups excluding carboxylic acids is 1. The molecular weight excluding hydrogens is 228 g/mol. The van der Waals surface area contributed by atoms with E-state index < -0.39 is 0 Å². The first-order chi connectivity index (χ1) is 8.79. The number of hydrogen-bond acceptors (Lipinski definition) is 3. The van der Waals surface area contributed by atoms with Crippen molar-refractivity contribution in [3.63, 3.8) is 0 Å². The van der Waals surface area contributed by atoms with Crippen LogP contribution in [0.4, 0.5) is 0 Å². The van der Waals surface area contributed by atoms with Crippen molar-refractivity contribution in [3.05, 3.63) is 59.8 Å². The average molecular weight is 242 g/mol. The minimum Gasteiger partial charge on any atom is -0.481 e. The quantitative estimate of drug-likeness (QED) is 0.892. The van der Waals surface area contributed by atoms with Gasteiger partial charge in [-0.05, 0) is 11.6 Å². The van der Waals surface area contributed by atoms with Crippen molar-refractivity contribution in [1.82, 2.24) is 10.3 Å². The van der Waals surface area contributed by atoms with E-state index in [0.29, 0.717) is 18.0 Å². The van der Waals surface area contributed by atoms with Crippen LogP contribution in [0.25, 0.3) is 0 Å². The number of amides is 1. The Labute approximate surface area is 106 Å². The van der Waals surface area contributed by atoms with E-state index in [9.17, 15) is 4.79 Å². The summed E-state index contributed by atoms with van der Waals surface area (Å²) in [6.45, 7) is 0.504. The lowest BCUT2D eigenvalue weighted by Gasteiger charge is -2.06. The lowest BCUT2D eigenvalue weighted by molar-refractivity contribution is 0.0950. The first kappa shape index (κ1) is 12.1. The van der Waals surface area contributed by atoms with Crippen LogP contribution in [0, 0.1) is 0 Å². The third-order valence-corrected chi connectivity index (χ3v) is 2.50. The molecule has 1 aromatic heterocycles. The van der Waals surface area contributed by atoms with Gasteiger partial charge < -0.3 is 10.1 Å². The number of nitrogens with one attached hydrogen (secondary N) is 1. The molecule has 0 saturated heterocycles. The molecule has 1 heterocycles. The Kier molecular flexibility index (Phi) is 3.91. The number of ether oxygens (including phenoxy) is 1. The first-order valence-electron chi connectivity index (χ1n) is 5.62. The summed E-state index contributed by atoms with van der Waals surface area (Å²) in [4.78, 5) is 15.8. The molecule has 0 fully saturated rings. The van der Waals surface area contributed by atoms with E-state index in [4.69, 9.17) is 4.74 Å². The first-order valence-corrected chi connectivity index (χ1v) is 5.62. The summed E-state index contributed by atoms with van der Waals surface area (Å²) >= 11 is 0. The van der Waals surface area contributed by atoms with Crippen LogP contribution in [0.2, 0.25) is 0 Å². The van der Waals surface area contributed by atoms with Gasteiger partial charge in [0.1, 0.15) is 0 Å². The van der Waals surface area contributed by atoms with Gasteiger partial charge in [0.15, 0.2) is 0 Å². The third-order valence-electron chi connectivity index (χ3n) is 2.50. The minimum absolute atomic E-state index is 0.139. The lowest BCUT2D eigenvalue weighted by Crippen LogP contribution is -2.22. The highest BCUT2D eigenvalue weighted by atomic mass is 16.5. The third kappa shape index (κ3) is 3.07. The summed E-state index contributed by atoms with van der Waals surface area (Å²) in [5.41, 5.74) is 1.60. The average Bonchev–Trinajstić information content (AvgIpc) is 2.46. The van der Waals surface area contributed by atoms with Gasteiger partial charge in [-0.15, -0.1) is 0 Å². The Morgan fingerprint density at radius 3 is 2.78 bits per heavy atom. The summed E-state index contributed by atoms with van der Waals surface area (Å²) in [5.74, 6) is 0.293. The van der Waals surface area contributed by atoms with Gasteiger partial charge in [0.2, 0.25) is 5.88 Å². The summed E-state index contributed by atoms with van der Waals surface area (Å²) in [6, 6.07) is 13.0. The molecule has 0 aliphatic rings. The van der Waals surface area contributed by atoms with E-state index in [0.717, 1.165) is 5.56 Å². The largest absolute Gasteiger partial charge is 0.481 e. The minimum atomic E-state index is -0.139. The van der Waals surface area contributed by atoms with Crippen LogP contribution in [0.5, 0.6) is 5.88 Å². The highest BCUT2D eigenvalue weighted by Crippen LogP contribution is 2.08. The molecule has 1 N–H and O–H groups in total. The molecule has 0 spiro atoms. The van der Waals surface area contributed by atoms with Crippen molar-refractivity contribution in [2.75, 3.05) is 7.11 Å². The Morgan fingerprint density at radius 1 is 1.28 bits per heavy atom. The van der Waals surface area contributed by atoms with Gasteiger partial charge in [-0.3, -0.25) is 4.79 Å². The van der Waals surface area contributed by atoms with Gasteiger partial charge in [-0.1, -0.05) is 30.3 Å². The molecule has 0 aliphatic carbocycles. The number of rotatable bonds is 4. The van der Waals surface area contributed by atoms with Crippen molar-refractivity contribution < 1.29 is 9.53 Å². The highest BCUT2D eigenvalue weighted by molar-refractivity contribution is 5.94. The molecule has 1 amide bonds. The number of pyridine rings is 1. The molecule has 2 aromatic rings. The second kappa shape index (κ2) is 5.82. The topological polar surface area (TPSA) is 51.2 Å². The Morgan fingerprint density at radius 2 is 2.06 bits per heavy atom. The fourth-order valence-corrected chi connectivity index (χ4v) is 1.54. The van der Waals surface area contributed by atoms with Crippen LogP contribution in [0.15, 0.2) is 48.7 Å². The van der Waals surface area contributed by atoms with Gasteiger partial charge in [0.25, 0.3) is 5.91 Å². The van der Waals surface area contributed by atoms with Crippen LogP contribution < -0.4 is 10.1 Å². The fraction of sp³-hybridized carbons (Fsp3) is 0.143. The van der Waals surface area contributed by atoms with E-state index in [1.807, 2.05) is 30.3 Å². The maximum absolute atomic E-state index is 11.9. The van der Waals surface area contributed by atoms with Crippen molar-refractivity contribution in [1.29, 1.82) is 0 Å². The zero-order valence-corrected chi connectivity index (χ0v) is 10.1. The van der Waals surface area contributed by atoms with Crippen molar-refractivity contribution in [2.45, 2.75) is 6.54 Å². The molecule has 4 nitrogen and oxygen atoms in total. The maximum Gasteiger partial charge on any atom is 0.251 e. The van der Waals surface area contributed by atoms with Gasteiger partial charge in [0.05, 0.1) is 7.11 Å². The number of benzene rings is 1.